The number of nitrogen functional groups attached to an aromatic ring is 1. The fourth-order valence-corrected chi connectivity index (χ4v) is 2.60. The molecule has 1 fully saturated rings. The highest BCUT2D eigenvalue weighted by Gasteiger charge is 2.21. The number of anilines is 2. The van der Waals surface area contributed by atoms with Gasteiger partial charge in [-0.3, -0.25) is 0 Å². The summed E-state index contributed by atoms with van der Waals surface area (Å²) in [6, 6.07) is 7.86. The first-order valence-corrected chi connectivity index (χ1v) is 6.90. The van der Waals surface area contributed by atoms with Crippen LogP contribution < -0.4 is 11.1 Å². The first-order chi connectivity index (χ1) is 9.20. The van der Waals surface area contributed by atoms with Crippen molar-refractivity contribution in [1.82, 2.24) is 0 Å². The highest BCUT2D eigenvalue weighted by atomic mass is 16.3. The van der Waals surface area contributed by atoms with Crippen LogP contribution in [0.1, 0.15) is 37.7 Å². The Hall–Kier alpha value is -1.73. The quantitative estimate of drug-likeness (QED) is 0.575. The summed E-state index contributed by atoms with van der Waals surface area (Å²) in [6.07, 6.45) is 5.30. The van der Waals surface area contributed by atoms with E-state index in [0.29, 0.717) is 12.1 Å². The van der Waals surface area contributed by atoms with Crippen LogP contribution in [0.2, 0.25) is 0 Å². The minimum atomic E-state index is -0.292. The molecule has 19 heavy (non-hydrogen) atoms. The number of rotatable bonds is 3. The van der Waals surface area contributed by atoms with Crippen LogP contribution in [0.4, 0.5) is 11.4 Å². The normalized spacial score (nSPS) is 23.4. The maximum atomic E-state index is 10.1. The number of nitrogens with zero attached hydrogens (tertiary/aromatic N) is 1. The van der Waals surface area contributed by atoms with Gasteiger partial charge in [0.2, 0.25) is 0 Å². The van der Waals surface area contributed by atoms with E-state index in [4.69, 9.17) is 11.0 Å². The predicted molar refractivity (Wildman–Crippen MR) is 76.7 cm³/mol. The molecule has 4 heteroatoms. The fourth-order valence-electron chi connectivity index (χ4n) is 2.60. The van der Waals surface area contributed by atoms with Crippen LogP contribution >= 0.6 is 0 Å². The Morgan fingerprint density at radius 3 is 2.89 bits per heavy atom. The molecule has 1 aromatic carbocycles. The number of aliphatic hydroxyl groups excluding tert-OH is 1. The zero-order valence-corrected chi connectivity index (χ0v) is 11.1. The van der Waals surface area contributed by atoms with E-state index in [0.717, 1.165) is 36.9 Å². The van der Waals surface area contributed by atoms with Gasteiger partial charge in [0.25, 0.3) is 0 Å². The third-order valence-electron chi connectivity index (χ3n) is 3.74. The van der Waals surface area contributed by atoms with E-state index < -0.39 is 0 Å². The standard InChI is InChI=1S/C15H21N3O/c16-9-8-11-10-12(6-7-13(11)17)18-14-4-2-1-3-5-15(14)19/h6-7,10,14-15,18-19H,1-5,8,17H2. The topological polar surface area (TPSA) is 82.1 Å². The molecule has 2 atom stereocenters. The number of hydrogen-bond donors (Lipinski definition) is 3. The molecule has 1 saturated carbocycles. The lowest BCUT2D eigenvalue weighted by Gasteiger charge is -2.23. The van der Waals surface area contributed by atoms with Crippen molar-refractivity contribution in [3.63, 3.8) is 0 Å². The third kappa shape index (κ3) is 3.62. The lowest BCUT2D eigenvalue weighted by atomic mass is 10.0. The van der Waals surface area contributed by atoms with Crippen LogP contribution in [0.25, 0.3) is 0 Å². The first kappa shape index (κ1) is 13.7. The Labute approximate surface area is 114 Å². The summed E-state index contributed by atoms with van der Waals surface area (Å²) < 4.78 is 0. The average molecular weight is 259 g/mol. The molecule has 0 bridgehead atoms. The van der Waals surface area contributed by atoms with Gasteiger partial charge in [0.05, 0.1) is 24.6 Å². The van der Waals surface area contributed by atoms with Gasteiger partial charge in [-0.05, 0) is 36.6 Å². The van der Waals surface area contributed by atoms with Crippen LogP contribution in [-0.4, -0.2) is 17.3 Å². The average Bonchev–Trinajstić information content (AvgIpc) is 2.59. The Balaban J connectivity index is 2.09. The number of nitrogens with two attached hydrogens (primary N) is 1. The minimum Gasteiger partial charge on any atom is -0.398 e. The van der Waals surface area contributed by atoms with Crippen molar-refractivity contribution in [3.05, 3.63) is 23.8 Å². The molecule has 4 nitrogen and oxygen atoms in total. The lowest BCUT2D eigenvalue weighted by Crippen LogP contribution is -2.32. The van der Waals surface area contributed by atoms with Crippen molar-refractivity contribution in [3.8, 4) is 6.07 Å². The van der Waals surface area contributed by atoms with Crippen molar-refractivity contribution in [2.45, 2.75) is 50.7 Å². The fraction of sp³-hybridized carbons (Fsp3) is 0.533. The molecule has 0 saturated heterocycles. The van der Waals surface area contributed by atoms with Crippen molar-refractivity contribution < 1.29 is 5.11 Å². The molecule has 0 amide bonds. The Morgan fingerprint density at radius 2 is 2.11 bits per heavy atom. The smallest absolute Gasteiger partial charge is 0.0741 e. The van der Waals surface area contributed by atoms with E-state index >= 15 is 0 Å². The van der Waals surface area contributed by atoms with Gasteiger partial charge in [0.1, 0.15) is 0 Å². The second kappa shape index (κ2) is 6.44. The summed E-state index contributed by atoms with van der Waals surface area (Å²) >= 11 is 0. The second-order valence-electron chi connectivity index (χ2n) is 5.20. The largest absolute Gasteiger partial charge is 0.398 e. The van der Waals surface area contributed by atoms with Crippen molar-refractivity contribution in [2.24, 2.45) is 0 Å². The number of benzene rings is 1. The lowest BCUT2D eigenvalue weighted by molar-refractivity contribution is 0.144. The Morgan fingerprint density at radius 1 is 1.32 bits per heavy atom. The molecule has 0 spiro atoms. The number of nitrogens with one attached hydrogen (secondary N) is 1. The number of hydrogen-bond acceptors (Lipinski definition) is 4. The maximum Gasteiger partial charge on any atom is 0.0741 e. The zero-order valence-electron chi connectivity index (χ0n) is 11.1. The van der Waals surface area contributed by atoms with Crippen molar-refractivity contribution in [1.29, 1.82) is 5.26 Å². The molecular weight excluding hydrogens is 238 g/mol. The summed E-state index contributed by atoms with van der Waals surface area (Å²) in [5, 5.41) is 22.2. The van der Waals surface area contributed by atoms with Crippen LogP contribution in [0.5, 0.6) is 0 Å². The summed E-state index contributed by atoms with van der Waals surface area (Å²) in [6.45, 7) is 0. The van der Waals surface area contributed by atoms with Gasteiger partial charge in [-0.25, -0.2) is 0 Å². The highest BCUT2D eigenvalue weighted by Crippen LogP contribution is 2.24. The monoisotopic (exact) mass is 259 g/mol. The van der Waals surface area contributed by atoms with Gasteiger partial charge in [-0.2, -0.15) is 5.26 Å². The molecule has 0 heterocycles. The number of nitriles is 1. The molecule has 1 aliphatic rings. The molecule has 2 rings (SSSR count). The molecule has 4 N–H and O–H groups in total. The van der Waals surface area contributed by atoms with Crippen LogP contribution in [0.15, 0.2) is 18.2 Å². The van der Waals surface area contributed by atoms with Gasteiger partial charge >= 0.3 is 0 Å². The first-order valence-electron chi connectivity index (χ1n) is 6.90. The van der Waals surface area contributed by atoms with Crippen LogP contribution in [0, 0.1) is 11.3 Å². The van der Waals surface area contributed by atoms with E-state index in [1.807, 2.05) is 18.2 Å². The van der Waals surface area contributed by atoms with Gasteiger partial charge in [-0.1, -0.05) is 19.3 Å². The van der Waals surface area contributed by atoms with Crippen molar-refractivity contribution in [2.75, 3.05) is 11.1 Å². The summed E-state index contributed by atoms with van der Waals surface area (Å²) in [4.78, 5) is 0. The van der Waals surface area contributed by atoms with E-state index in [9.17, 15) is 5.11 Å². The summed E-state index contributed by atoms with van der Waals surface area (Å²) in [5.41, 5.74) is 8.26. The van der Waals surface area contributed by atoms with Crippen molar-refractivity contribution >= 4 is 11.4 Å². The predicted octanol–water partition coefficient (Wildman–Crippen LogP) is 2.44. The van der Waals surface area contributed by atoms with Gasteiger partial charge in [-0.15, -0.1) is 0 Å². The molecule has 0 radical (unpaired) electrons. The van der Waals surface area contributed by atoms with Gasteiger partial charge in [0, 0.05) is 11.4 Å². The summed E-state index contributed by atoms with van der Waals surface area (Å²) in [5.74, 6) is 0. The molecule has 1 aromatic rings. The van der Waals surface area contributed by atoms with E-state index in [2.05, 4.69) is 11.4 Å². The molecule has 0 aromatic heterocycles. The zero-order chi connectivity index (χ0) is 13.7. The second-order valence-corrected chi connectivity index (χ2v) is 5.20. The van der Waals surface area contributed by atoms with E-state index in [1.54, 1.807) is 0 Å². The van der Waals surface area contributed by atoms with Gasteiger partial charge in [0.15, 0.2) is 0 Å². The molecular formula is C15H21N3O. The molecule has 1 aliphatic carbocycles. The maximum absolute atomic E-state index is 10.1. The highest BCUT2D eigenvalue weighted by molar-refractivity contribution is 5.58. The van der Waals surface area contributed by atoms with E-state index in [1.165, 1.54) is 6.42 Å². The van der Waals surface area contributed by atoms with E-state index in [-0.39, 0.29) is 12.1 Å². The molecule has 102 valence electrons. The molecule has 2 unspecified atom stereocenters. The molecule has 0 aliphatic heterocycles. The Bertz CT molecular complexity index is 467. The summed E-state index contributed by atoms with van der Waals surface area (Å²) in [7, 11) is 0. The minimum absolute atomic E-state index is 0.0982. The van der Waals surface area contributed by atoms with Crippen LogP contribution in [0.3, 0.4) is 0 Å². The van der Waals surface area contributed by atoms with Gasteiger partial charge < -0.3 is 16.2 Å². The SMILES string of the molecule is N#CCc1cc(NC2CCCCCC2O)ccc1N. The number of aliphatic hydroxyl groups is 1. The van der Waals surface area contributed by atoms with Crippen LogP contribution in [-0.2, 0) is 6.42 Å². The third-order valence-corrected chi connectivity index (χ3v) is 3.74. The Kier molecular flexibility index (Phi) is 4.64.